The van der Waals surface area contributed by atoms with Crippen LogP contribution in [-0.4, -0.2) is 96.7 Å². The maximum absolute atomic E-state index is 13.1. The van der Waals surface area contributed by atoms with E-state index in [0.29, 0.717) is 25.7 Å². The third kappa shape index (κ3) is 76.3. The molecule has 0 aliphatic rings. The molecule has 0 aromatic rings. The summed E-state index contributed by atoms with van der Waals surface area (Å²) in [5.74, 6) is -2.10. The summed E-state index contributed by atoms with van der Waals surface area (Å²) in [5.41, 5.74) is 0. The highest BCUT2D eigenvalue weighted by Crippen LogP contribution is 2.45. The molecule has 17 nitrogen and oxygen atoms in total. The zero-order valence-corrected chi connectivity index (χ0v) is 68.4. The molecule has 0 aromatic heterocycles. The number of aliphatic hydroxyl groups is 1. The predicted molar refractivity (Wildman–Crippen MR) is 419 cm³/mol. The third-order valence-corrected chi connectivity index (χ3v) is 21.5. The molecule has 0 fully saturated rings. The zero-order valence-electron chi connectivity index (χ0n) is 66.6. The van der Waals surface area contributed by atoms with Crippen LogP contribution in [0.2, 0.25) is 0 Å². The number of phosphoric acid groups is 2. The molecule has 3 N–H and O–H groups in total. The molecule has 3 unspecified atom stereocenters. The van der Waals surface area contributed by atoms with Crippen LogP contribution in [0.4, 0.5) is 0 Å². The second-order valence-corrected chi connectivity index (χ2v) is 32.8. The Bertz CT molecular complexity index is 1930. The summed E-state index contributed by atoms with van der Waals surface area (Å²) in [5, 5.41) is 10.7. The molecule has 0 spiro atoms. The maximum atomic E-state index is 13.1. The van der Waals surface area contributed by atoms with E-state index in [9.17, 15) is 43.2 Å². The normalized spacial score (nSPS) is 13.8. The van der Waals surface area contributed by atoms with Crippen LogP contribution in [-0.2, 0) is 65.4 Å². The lowest BCUT2D eigenvalue weighted by atomic mass is 10.0. The molecule has 0 saturated carbocycles. The van der Waals surface area contributed by atoms with Crippen LogP contribution in [0.15, 0.2) is 0 Å². The van der Waals surface area contributed by atoms with Gasteiger partial charge < -0.3 is 33.8 Å². The van der Waals surface area contributed by atoms with Gasteiger partial charge in [-0.05, 0) is 25.7 Å². The number of hydrogen-bond acceptors (Lipinski definition) is 15. The van der Waals surface area contributed by atoms with Crippen LogP contribution < -0.4 is 0 Å². The van der Waals surface area contributed by atoms with Crippen LogP contribution >= 0.6 is 15.6 Å². The molecular formula is C83H162O17P2. The quantitative estimate of drug-likeness (QED) is 0.0222. The van der Waals surface area contributed by atoms with Gasteiger partial charge in [-0.3, -0.25) is 37.3 Å². The SMILES string of the molecule is CCCCCCCCCCCCCCCCCCCCCC(=O)O[C@H](COC(=O)CCCCCCCCCCCCCCCCCCC)COP(=O)(O)OCC(O)COP(=O)(O)OC[C@@H](COC(=O)CCCCCCCCCCCCC)OC(=O)CCCCCCCCCCCCCCCCC. The van der Waals surface area contributed by atoms with Gasteiger partial charge in [-0.2, -0.15) is 0 Å². The van der Waals surface area contributed by atoms with Gasteiger partial charge in [-0.1, -0.05) is 400 Å². The van der Waals surface area contributed by atoms with E-state index >= 15 is 0 Å². The Morgan fingerprint density at radius 3 is 0.578 bits per heavy atom. The molecule has 19 heteroatoms. The zero-order chi connectivity index (χ0) is 74.6. The van der Waals surface area contributed by atoms with Crippen LogP contribution in [0, 0.1) is 0 Å². The highest BCUT2D eigenvalue weighted by Gasteiger charge is 2.30. The van der Waals surface area contributed by atoms with Gasteiger partial charge in [-0.25, -0.2) is 9.13 Å². The highest BCUT2D eigenvalue weighted by molar-refractivity contribution is 7.47. The van der Waals surface area contributed by atoms with E-state index in [1.165, 1.54) is 283 Å². The maximum Gasteiger partial charge on any atom is 0.472 e. The summed E-state index contributed by atoms with van der Waals surface area (Å²) < 4.78 is 68.8. The number of carbonyl (C=O) groups is 4. The number of carbonyl (C=O) groups excluding carboxylic acids is 4. The van der Waals surface area contributed by atoms with Crippen molar-refractivity contribution in [3.8, 4) is 0 Å². The summed E-state index contributed by atoms with van der Waals surface area (Å²) >= 11 is 0. The first kappa shape index (κ1) is 100. The number of unbranched alkanes of at least 4 members (excludes halogenated alkanes) is 58. The van der Waals surface area contributed by atoms with Crippen molar-refractivity contribution in [3.05, 3.63) is 0 Å². The summed E-state index contributed by atoms with van der Waals surface area (Å²) in [4.78, 5) is 73.1. The molecule has 0 radical (unpaired) electrons. The van der Waals surface area contributed by atoms with Crippen molar-refractivity contribution in [2.45, 2.75) is 470 Å². The van der Waals surface area contributed by atoms with Gasteiger partial charge in [0.25, 0.3) is 0 Å². The Kier molecular flexibility index (Phi) is 75.8. The standard InChI is InChI=1S/C83H162O17P2/c1-5-9-13-17-21-25-29-32-35-37-38-40-43-46-50-54-58-62-66-70-83(88)100-79(74-94-81(86)68-64-60-56-52-48-44-42-39-36-33-30-26-22-18-14-10-6-2)76-98-102(91,92)96-72-77(84)71-95-101(89,90)97-75-78(73-93-80(85)67-63-59-55-51-47-28-24-20-16-12-8-4)99-82(87)69-65-61-57-53-49-45-41-34-31-27-23-19-15-11-7-3/h77-79,84H,5-76H2,1-4H3,(H,89,90)(H,91,92)/t77?,78-,79-/m1/s1. The summed E-state index contributed by atoms with van der Waals surface area (Å²) in [6, 6.07) is 0. The van der Waals surface area contributed by atoms with E-state index in [4.69, 9.17) is 37.0 Å². The summed E-state index contributed by atoms with van der Waals surface area (Å²) in [6.45, 7) is 5.05. The third-order valence-electron chi connectivity index (χ3n) is 19.6. The first-order chi connectivity index (χ1) is 49.7. The van der Waals surface area contributed by atoms with Crippen LogP contribution in [0.5, 0.6) is 0 Å². The second kappa shape index (κ2) is 77.2. The van der Waals surface area contributed by atoms with Crippen molar-refractivity contribution in [3.63, 3.8) is 0 Å². The molecule has 0 aliphatic carbocycles. The van der Waals surface area contributed by atoms with Gasteiger partial charge in [0.2, 0.25) is 0 Å². The highest BCUT2D eigenvalue weighted by atomic mass is 31.2. The van der Waals surface area contributed by atoms with Crippen molar-refractivity contribution in [1.82, 2.24) is 0 Å². The first-order valence-electron chi connectivity index (χ1n) is 43.3. The number of aliphatic hydroxyl groups excluding tert-OH is 1. The number of rotatable bonds is 84. The fourth-order valence-electron chi connectivity index (χ4n) is 13.0. The van der Waals surface area contributed by atoms with E-state index in [2.05, 4.69) is 27.7 Å². The molecule has 0 saturated heterocycles. The molecule has 606 valence electrons. The lowest BCUT2D eigenvalue weighted by Crippen LogP contribution is -2.30. The Balaban J connectivity index is 5.24. The molecule has 102 heavy (non-hydrogen) atoms. The smallest absolute Gasteiger partial charge is 0.462 e. The van der Waals surface area contributed by atoms with Gasteiger partial charge >= 0.3 is 39.5 Å². The minimum Gasteiger partial charge on any atom is -0.462 e. The Hall–Kier alpha value is -1.94. The fourth-order valence-corrected chi connectivity index (χ4v) is 14.6. The minimum atomic E-state index is -4.96. The summed E-state index contributed by atoms with van der Waals surface area (Å²) in [6.07, 6.45) is 70.7. The van der Waals surface area contributed by atoms with Crippen molar-refractivity contribution in [2.75, 3.05) is 39.6 Å². The van der Waals surface area contributed by atoms with Crippen molar-refractivity contribution in [2.24, 2.45) is 0 Å². The van der Waals surface area contributed by atoms with Gasteiger partial charge in [0, 0.05) is 25.7 Å². The Morgan fingerprint density at radius 2 is 0.392 bits per heavy atom. The molecule has 0 amide bonds. The largest absolute Gasteiger partial charge is 0.472 e. The molecule has 0 aliphatic heterocycles. The fraction of sp³-hybridized carbons (Fsp3) is 0.952. The van der Waals surface area contributed by atoms with Gasteiger partial charge in [0.1, 0.15) is 19.3 Å². The minimum absolute atomic E-state index is 0.109. The van der Waals surface area contributed by atoms with Crippen LogP contribution in [0.3, 0.4) is 0 Å². The molecule has 0 bridgehead atoms. The first-order valence-corrected chi connectivity index (χ1v) is 46.3. The van der Waals surface area contributed by atoms with Gasteiger partial charge in [0.15, 0.2) is 12.2 Å². The Morgan fingerprint density at radius 1 is 0.235 bits per heavy atom. The second-order valence-electron chi connectivity index (χ2n) is 29.9. The van der Waals surface area contributed by atoms with E-state index in [-0.39, 0.29) is 25.7 Å². The molecular weight excluding hydrogens is 1330 g/mol. The van der Waals surface area contributed by atoms with Gasteiger partial charge in [-0.15, -0.1) is 0 Å². The van der Waals surface area contributed by atoms with E-state index < -0.39 is 97.5 Å². The lowest BCUT2D eigenvalue weighted by Gasteiger charge is -2.21. The van der Waals surface area contributed by atoms with Crippen molar-refractivity contribution < 1.29 is 80.2 Å². The molecule has 5 atom stereocenters. The van der Waals surface area contributed by atoms with Crippen LogP contribution in [0.1, 0.15) is 451 Å². The number of ether oxygens (including phenoxy) is 4. The number of phosphoric ester groups is 2. The number of hydrogen-bond donors (Lipinski definition) is 3. The molecule has 0 heterocycles. The Labute approximate surface area is 626 Å². The average molecular weight is 1490 g/mol. The number of esters is 4. The lowest BCUT2D eigenvalue weighted by molar-refractivity contribution is -0.161. The van der Waals surface area contributed by atoms with E-state index in [1.54, 1.807) is 0 Å². The molecule has 0 rings (SSSR count). The topological polar surface area (TPSA) is 237 Å². The van der Waals surface area contributed by atoms with E-state index in [1.807, 2.05) is 0 Å². The monoisotopic (exact) mass is 1490 g/mol. The molecule has 0 aromatic carbocycles. The summed E-state index contributed by atoms with van der Waals surface area (Å²) in [7, 11) is -9.92. The van der Waals surface area contributed by atoms with Crippen LogP contribution in [0.25, 0.3) is 0 Å². The average Bonchev–Trinajstić information content (AvgIpc) is 0.989. The van der Waals surface area contributed by atoms with Gasteiger partial charge in [0.05, 0.1) is 26.4 Å². The predicted octanol–water partition coefficient (Wildman–Crippen LogP) is 25.4. The van der Waals surface area contributed by atoms with Crippen molar-refractivity contribution >= 4 is 39.5 Å². The van der Waals surface area contributed by atoms with E-state index in [0.717, 1.165) is 89.9 Å². The van der Waals surface area contributed by atoms with Crippen molar-refractivity contribution in [1.29, 1.82) is 0 Å².